The lowest BCUT2D eigenvalue weighted by Gasteiger charge is -2.40. The van der Waals surface area contributed by atoms with Gasteiger partial charge in [-0.1, -0.05) is 18.2 Å². The molecular weight excluding hydrogens is 342 g/mol. The zero-order chi connectivity index (χ0) is 19.0. The number of piperidine rings is 1. The van der Waals surface area contributed by atoms with E-state index in [2.05, 4.69) is 23.1 Å². The molecule has 3 aliphatic heterocycles. The number of methoxy groups -OCH3 is 1. The van der Waals surface area contributed by atoms with Crippen molar-refractivity contribution in [2.24, 2.45) is 5.92 Å². The Balaban J connectivity index is 1.38. The topological polar surface area (TPSA) is 53.1 Å². The quantitative estimate of drug-likeness (QED) is 0.801. The van der Waals surface area contributed by atoms with Gasteiger partial charge in [-0.2, -0.15) is 0 Å². The van der Waals surface area contributed by atoms with Crippen LogP contribution in [-0.2, 0) is 14.9 Å². The average molecular weight is 371 g/mol. The fourth-order valence-corrected chi connectivity index (χ4v) is 5.14. The van der Waals surface area contributed by atoms with Crippen molar-refractivity contribution in [3.05, 3.63) is 29.8 Å². The van der Waals surface area contributed by atoms with Crippen molar-refractivity contribution >= 4 is 17.7 Å². The smallest absolute Gasteiger partial charge is 0.409 e. The summed E-state index contributed by atoms with van der Waals surface area (Å²) in [6.45, 7) is 7.23. The molecule has 0 N–H and O–H groups in total. The van der Waals surface area contributed by atoms with Crippen LogP contribution in [0.1, 0.15) is 31.7 Å². The molecule has 3 aliphatic rings. The summed E-state index contributed by atoms with van der Waals surface area (Å²) in [4.78, 5) is 30.1. The molecule has 2 fully saturated rings. The molecule has 2 saturated heterocycles. The number of nitrogens with zero attached hydrogens (tertiary/aromatic N) is 3. The first-order chi connectivity index (χ1) is 13.0. The van der Waals surface area contributed by atoms with E-state index in [0.29, 0.717) is 5.92 Å². The van der Waals surface area contributed by atoms with Gasteiger partial charge in [0.1, 0.15) is 0 Å². The Morgan fingerprint density at radius 1 is 1.19 bits per heavy atom. The van der Waals surface area contributed by atoms with Gasteiger partial charge in [-0.05, 0) is 49.9 Å². The van der Waals surface area contributed by atoms with E-state index < -0.39 is 0 Å². The molecule has 6 heteroatoms. The summed E-state index contributed by atoms with van der Waals surface area (Å²) in [6, 6.07) is 8.41. The van der Waals surface area contributed by atoms with Crippen LogP contribution in [0, 0.1) is 5.92 Å². The Labute approximate surface area is 161 Å². The zero-order valence-corrected chi connectivity index (χ0v) is 16.3. The van der Waals surface area contributed by atoms with Crippen LogP contribution >= 0.6 is 0 Å². The predicted molar refractivity (Wildman–Crippen MR) is 104 cm³/mol. The summed E-state index contributed by atoms with van der Waals surface area (Å²) in [5, 5.41) is 0. The van der Waals surface area contributed by atoms with Crippen molar-refractivity contribution in [3.63, 3.8) is 0 Å². The van der Waals surface area contributed by atoms with E-state index in [1.54, 1.807) is 6.92 Å². The first-order valence-electron chi connectivity index (χ1n) is 9.95. The number of hydrogen-bond donors (Lipinski definition) is 0. The van der Waals surface area contributed by atoms with E-state index in [9.17, 15) is 9.59 Å². The van der Waals surface area contributed by atoms with Crippen molar-refractivity contribution < 1.29 is 14.3 Å². The van der Waals surface area contributed by atoms with Crippen LogP contribution in [0.25, 0.3) is 0 Å². The molecule has 1 atom stereocenters. The van der Waals surface area contributed by atoms with E-state index in [0.717, 1.165) is 64.2 Å². The molecule has 2 amide bonds. The number of fused-ring (bicyclic) bond motifs is 2. The Morgan fingerprint density at radius 3 is 2.63 bits per heavy atom. The van der Waals surface area contributed by atoms with Crippen LogP contribution in [0.4, 0.5) is 10.5 Å². The lowest BCUT2D eigenvalue weighted by Crippen LogP contribution is -2.47. The third-order valence-corrected chi connectivity index (χ3v) is 6.66. The van der Waals surface area contributed by atoms with E-state index >= 15 is 0 Å². The number of rotatable bonds is 2. The van der Waals surface area contributed by atoms with Crippen LogP contribution in [-0.4, -0.2) is 68.2 Å². The van der Waals surface area contributed by atoms with Crippen molar-refractivity contribution in [1.82, 2.24) is 9.80 Å². The maximum Gasteiger partial charge on any atom is 0.409 e. The van der Waals surface area contributed by atoms with E-state index in [1.165, 1.54) is 12.7 Å². The Bertz CT molecular complexity index is 727. The fourth-order valence-electron chi connectivity index (χ4n) is 5.14. The molecule has 146 valence electrons. The predicted octanol–water partition coefficient (Wildman–Crippen LogP) is 2.48. The minimum atomic E-state index is -0.206. The normalized spacial score (nSPS) is 24.3. The lowest BCUT2D eigenvalue weighted by molar-refractivity contribution is -0.116. The molecule has 3 heterocycles. The standard InChI is InChI=1S/C21H29N3O3/c1-16(25)24-15-21(18-5-3-4-6-19(18)24)8-11-22(12-9-21)13-17-7-10-23(14-17)20(26)27-2/h3-6,17H,7-15H2,1-2H3/t17-/m0/s1. The number of carbonyl (C=O) groups is 2. The Hall–Kier alpha value is -2.08. The molecule has 0 aliphatic carbocycles. The van der Waals surface area contributed by atoms with Gasteiger partial charge in [0.25, 0.3) is 0 Å². The zero-order valence-electron chi connectivity index (χ0n) is 16.3. The first-order valence-corrected chi connectivity index (χ1v) is 9.95. The minimum Gasteiger partial charge on any atom is -0.453 e. The van der Waals surface area contributed by atoms with E-state index in [1.807, 2.05) is 15.9 Å². The maximum atomic E-state index is 12.1. The molecular formula is C21H29N3O3. The number of likely N-dealkylation sites (tertiary alicyclic amines) is 2. The van der Waals surface area contributed by atoms with Crippen molar-refractivity contribution in [3.8, 4) is 0 Å². The summed E-state index contributed by atoms with van der Waals surface area (Å²) in [7, 11) is 1.45. The van der Waals surface area contributed by atoms with Gasteiger partial charge in [0.05, 0.1) is 7.11 Å². The van der Waals surface area contributed by atoms with Crippen molar-refractivity contribution in [2.75, 3.05) is 51.3 Å². The Kier molecular flexibility index (Phi) is 4.84. The van der Waals surface area contributed by atoms with Gasteiger partial charge in [-0.3, -0.25) is 4.79 Å². The first kappa shape index (κ1) is 18.3. The second-order valence-electron chi connectivity index (χ2n) is 8.27. The van der Waals surface area contributed by atoms with Gasteiger partial charge in [0, 0.05) is 44.2 Å². The molecule has 0 bridgehead atoms. The monoisotopic (exact) mass is 371 g/mol. The molecule has 1 aromatic rings. The number of ether oxygens (including phenoxy) is 1. The molecule has 0 radical (unpaired) electrons. The van der Waals surface area contributed by atoms with Crippen LogP contribution in [0.5, 0.6) is 0 Å². The molecule has 4 rings (SSSR count). The third kappa shape index (κ3) is 3.31. The van der Waals surface area contributed by atoms with Gasteiger partial charge in [-0.15, -0.1) is 0 Å². The molecule has 1 spiro atoms. The second kappa shape index (κ2) is 7.15. The fraction of sp³-hybridized carbons (Fsp3) is 0.619. The number of benzene rings is 1. The maximum absolute atomic E-state index is 12.1. The molecule has 0 aromatic heterocycles. The molecule has 1 aromatic carbocycles. The second-order valence-corrected chi connectivity index (χ2v) is 8.27. The molecule has 27 heavy (non-hydrogen) atoms. The average Bonchev–Trinajstić information content (AvgIpc) is 3.27. The number of para-hydroxylation sites is 1. The van der Waals surface area contributed by atoms with E-state index in [-0.39, 0.29) is 17.4 Å². The highest BCUT2D eigenvalue weighted by molar-refractivity contribution is 5.94. The largest absolute Gasteiger partial charge is 0.453 e. The van der Waals surface area contributed by atoms with Gasteiger partial charge >= 0.3 is 6.09 Å². The summed E-state index contributed by atoms with van der Waals surface area (Å²) in [5.74, 6) is 0.665. The lowest BCUT2D eigenvalue weighted by atomic mass is 9.74. The van der Waals surface area contributed by atoms with Crippen molar-refractivity contribution in [2.45, 2.75) is 31.6 Å². The van der Waals surface area contributed by atoms with Crippen LogP contribution < -0.4 is 4.90 Å². The highest BCUT2D eigenvalue weighted by Gasteiger charge is 2.45. The third-order valence-electron chi connectivity index (χ3n) is 6.66. The molecule has 0 saturated carbocycles. The number of anilines is 1. The van der Waals surface area contributed by atoms with Crippen LogP contribution in [0.3, 0.4) is 0 Å². The number of hydrogen-bond acceptors (Lipinski definition) is 4. The SMILES string of the molecule is COC(=O)N1CC[C@@H](CN2CCC3(CC2)CN(C(C)=O)c2ccccc23)C1. The van der Waals surface area contributed by atoms with Gasteiger partial charge in [0.2, 0.25) is 5.91 Å². The summed E-state index contributed by atoms with van der Waals surface area (Å²) < 4.78 is 4.84. The highest BCUT2D eigenvalue weighted by atomic mass is 16.5. The number of carbonyl (C=O) groups excluding carboxylic acids is 2. The molecule has 0 unspecified atom stereocenters. The summed E-state index contributed by atoms with van der Waals surface area (Å²) >= 11 is 0. The van der Waals surface area contributed by atoms with Gasteiger partial charge < -0.3 is 19.4 Å². The summed E-state index contributed by atoms with van der Waals surface area (Å²) in [6.07, 6.45) is 3.02. The van der Waals surface area contributed by atoms with Crippen LogP contribution in [0.2, 0.25) is 0 Å². The summed E-state index contributed by atoms with van der Waals surface area (Å²) in [5.41, 5.74) is 2.55. The molecule has 6 nitrogen and oxygen atoms in total. The van der Waals surface area contributed by atoms with Gasteiger partial charge in [0.15, 0.2) is 0 Å². The van der Waals surface area contributed by atoms with Gasteiger partial charge in [-0.25, -0.2) is 4.79 Å². The highest BCUT2D eigenvalue weighted by Crippen LogP contribution is 2.47. The van der Waals surface area contributed by atoms with Crippen LogP contribution in [0.15, 0.2) is 24.3 Å². The Morgan fingerprint density at radius 2 is 1.93 bits per heavy atom. The van der Waals surface area contributed by atoms with E-state index in [4.69, 9.17) is 4.74 Å². The van der Waals surface area contributed by atoms with Crippen molar-refractivity contribution in [1.29, 1.82) is 0 Å². The number of amides is 2. The minimum absolute atomic E-state index is 0.104.